The van der Waals surface area contributed by atoms with Gasteiger partial charge in [-0.3, -0.25) is 4.79 Å². The second-order valence-electron chi connectivity index (χ2n) is 6.44. The Kier molecular flexibility index (Phi) is 5.65. The number of benzene rings is 2. The Hall–Kier alpha value is -4.15. The summed E-state index contributed by atoms with van der Waals surface area (Å²) in [7, 11) is 0. The van der Waals surface area contributed by atoms with Crippen LogP contribution in [-0.2, 0) is 13.2 Å². The molecule has 0 amide bonds. The van der Waals surface area contributed by atoms with Crippen LogP contribution < -0.4 is 5.56 Å². The van der Waals surface area contributed by atoms with Crippen molar-refractivity contribution in [2.45, 2.75) is 13.2 Å². The van der Waals surface area contributed by atoms with Crippen LogP contribution in [0.15, 0.2) is 81.8 Å². The van der Waals surface area contributed by atoms with Crippen molar-refractivity contribution in [1.29, 1.82) is 0 Å². The van der Waals surface area contributed by atoms with E-state index in [-0.39, 0.29) is 36.2 Å². The number of aromatic hydroxyl groups is 1. The van der Waals surface area contributed by atoms with E-state index in [2.05, 4.69) is 20.2 Å². The van der Waals surface area contributed by atoms with Gasteiger partial charge in [-0.1, -0.05) is 36.4 Å². The lowest BCUT2D eigenvalue weighted by atomic mass is 10.3. The Balaban J connectivity index is 1.88. The summed E-state index contributed by atoms with van der Waals surface area (Å²) < 4.78 is 2.61. The number of nitrogens with zero attached hydrogens (tertiary/aromatic N) is 6. The van der Waals surface area contributed by atoms with Gasteiger partial charge in [0.15, 0.2) is 0 Å². The fraction of sp³-hybridized carbons (Fsp3) is 0.0952. The second-order valence-corrected chi connectivity index (χ2v) is 6.44. The van der Waals surface area contributed by atoms with Crippen molar-refractivity contribution >= 4 is 11.6 Å². The summed E-state index contributed by atoms with van der Waals surface area (Å²) in [5.74, 6) is -0.572. The average Bonchev–Trinajstić information content (AvgIpc) is 3.07. The molecule has 0 aliphatic carbocycles. The van der Waals surface area contributed by atoms with E-state index in [0.717, 1.165) is 0 Å². The van der Waals surface area contributed by atoms with Crippen LogP contribution in [0.25, 0.3) is 11.4 Å². The van der Waals surface area contributed by atoms with E-state index in [0.29, 0.717) is 11.4 Å². The molecule has 4 rings (SSSR count). The summed E-state index contributed by atoms with van der Waals surface area (Å²) in [6.07, 6.45) is 0. The highest BCUT2D eigenvalue weighted by atomic mass is 16.3. The fourth-order valence-corrected chi connectivity index (χ4v) is 3.02. The molecule has 0 atom stereocenters. The molecule has 156 valence electrons. The minimum atomic E-state index is -0.600. The van der Waals surface area contributed by atoms with E-state index in [1.807, 2.05) is 12.1 Å². The first-order chi connectivity index (χ1) is 15.1. The van der Waals surface area contributed by atoms with Gasteiger partial charge < -0.3 is 15.3 Å². The van der Waals surface area contributed by atoms with E-state index in [1.54, 1.807) is 48.5 Å². The van der Waals surface area contributed by atoms with Gasteiger partial charge in [0.05, 0.1) is 36.0 Å². The number of aromatic nitrogens is 4. The molecule has 10 heteroatoms. The standard InChI is InChI=1S/C21H18N6O4/c28-12-14-11-15(13-29)23-21(22-14)25-24-18-19(30)26(16-7-3-1-4-8-16)27(20(18)31)17-9-5-2-6-10-17/h1-11,28-30H,12-13H2. The van der Waals surface area contributed by atoms with E-state index in [1.165, 1.54) is 15.4 Å². The maximum atomic E-state index is 13.2. The first kappa shape index (κ1) is 20.1. The number of aliphatic hydroxyl groups is 2. The van der Waals surface area contributed by atoms with Crippen molar-refractivity contribution < 1.29 is 15.3 Å². The number of hydrogen-bond donors (Lipinski definition) is 3. The fourth-order valence-electron chi connectivity index (χ4n) is 3.02. The normalized spacial score (nSPS) is 11.3. The van der Waals surface area contributed by atoms with Crippen LogP contribution >= 0.6 is 0 Å². The van der Waals surface area contributed by atoms with Crippen LogP contribution in [0.4, 0.5) is 11.6 Å². The molecule has 0 spiro atoms. The third-order valence-electron chi connectivity index (χ3n) is 4.39. The Morgan fingerprint density at radius 3 is 1.81 bits per heavy atom. The summed E-state index contributed by atoms with van der Waals surface area (Å²) in [5.41, 5.74) is 0.632. The number of para-hydroxylation sites is 2. The summed E-state index contributed by atoms with van der Waals surface area (Å²) >= 11 is 0. The Morgan fingerprint density at radius 1 is 0.774 bits per heavy atom. The van der Waals surface area contributed by atoms with Gasteiger partial charge in [0, 0.05) is 0 Å². The van der Waals surface area contributed by atoms with Crippen molar-refractivity contribution in [2.75, 3.05) is 0 Å². The van der Waals surface area contributed by atoms with Crippen molar-refractivity contribution in [3.8, 4) is 17.3 Å². The van der Waals surface area contributed by atoms with Gasteiger partial charge >= 0.3 is 5.56 Å². The minimum Gasteiger partial charge on any atom is -0.492 e. The van der Waals surface area contributed by atoms with Crippen LogP contribution in [0, 0.1) is 0 Å². The molecule has 0 unspecified atom stereocenters. The molecule has 0 saturated carbocycles. The van der Waals surface area contributed by atoms with Crippen LogP contribution in [0.2, 0.25) is 0 Å². The third-order valence-corrected chi connectivity index (χ3v) is 4.39. The predicted octanol–water partition coefficient (Wildman–Crippen LogP) is 2.52. The van der Waals surface area contributed by atoms with Crippen molar-refractivity contribution in [1.82, 2.24) is 19.3 Å². The SMILES string of the molecule is O=c1c(N=Nc2nc(CO)cc(CO)n2)c(O)n(-c2ccccc2)n1-c1ccccc1. The Labute approximate surface area is 176 Å². The largest absolute Gasteiger partial charge is 0.492 e. The van der Waals surface area contributed by atoms with Crippen molar-refractivity contribution in [2.24, 2.45) is 10.2 Å². The molecule has 2 heterocycles. The molecule has 2 aromatic carbocycles. The van der Waals surface area contributed by atoms with Crippen molar-refractivity contribution in [3.05, 3.63) is 88.5 Å². The van der Waals surface area contributed by atoms with Crippen LogP contribution in [0.5, 0.6) is 5.88 Å². The third kappa shape index (κ3) is 3.97. The smallest absolute Gasteiger partial charge is 0.303 e. The van der Waals surface area contributed by atoms with Gasteiger partial charge in [0.25, 0.3) is 5.95 Å². The summed E-state index contributed by atoms with van der Waals surface area (Å²) in [4.78, 5) is 21.1. The zero-order chi connectivity index (χ0) is 21.8. The lowest BCUT2D eigenvalue weighted by Crippen LogP contribution is -2.20. The molecule has 4 aromatic rings. The summed E-state index contributed by atoms with van der Waals surface area (Å²) in [6.45, 7) is -0.761. The van der Waals surface area contributed by atoms with E-state index in [9.17, 15) is 20.1 Å². The summed E-state index contributed by atoms with van der Waals surface area (Å²) in [6, 6.07) is 19.1. The van der Waals surface area contributed by atoms with E-state index < -0.39 is 11.4 Å². The van der Waals surface area contributed by atoms with Gasteiger partial charge in [-0.05, 0) is 30.3 Å². The highest BCUT2D eigenvalue weighted by molar-refractivity contribution is 5.53. The molecule has 0 saturated heterocycles. The monoisotopic (exact) mass is 418 g/mol. The molecule has 0 radical (unpaired) electrons. The van der Waals surface area contributed by atoms with Crippen LogP contribution in [0.1, 0.15) is 11.4 Å². The molecule has 0 fully saturated rings. The zero-order valence-corrected chi connectivity index (χ0v) is 16.2. The first-order valence-electron chi connectivity index (χ1n) is 9.30. The van der Waals surface area contributed by atoms with E-state index in [4.69, 9.17) is 0 Å². The molecule has 0 aliphatic rings. The van der Waals surface area contributed by atoms with E-state index >= 15 is 0 Å². The molecular formula is C21H18N6O4. The quantitative estimate of drug-likeness (QED) is 0.411. The van der Waals surface area contributed by atoms with Gasteiger partial charge in [-0.25, -0.2) is 19.3 Å². The lowest BCUT2D eigenvalue weighted by Gasteiger charge is -2.12. The number of azo groups is 1. The Bertz CT molecular complexity index is 1260. The number of hydrogen-bond acceptors (Lipinski definition) is 8. The van der Waals surface area contributed by atoms with Crippen molar-refractivity contribution in [3.63, 3.8) is 0 Å². The summed E-state index contributed by atoms with van der Waals surface area (Å²) in [5, 5.41) is 37.2. The first-order valence-corrected chi connectivity index (χ1v) is 9.30. The molecular weight excluding hydrogens is 400 g/mol. The topological polar surface area (TPSA) is 138 Å². The molecule has 2 aromatic heterocycles. The molecule has 3 N–H and O–H groups in total. The zero-order valence-electron chi connectivity index (χ0n) is 16.2. The highest BCUT2D eigenvalue weighted by Crippen LogP contribution is 2.29. The minimum absolute atomic E-state index is 0.159. The number of rotatable bonds is 6. The van der Waals surface area contributed by atoms with Gasteiger partial charge in [-0.2, -0.15) is 0 Å². The molecule has 31 heavy (non-hydrogen) atoms. The maximum Gasteiger partial charge on any atom is 0.303 e. The maximum absolute atomic E-state index is 13.2. The second kappa shape index (κ2) is 8.69. The Morgan fingerprint density at radius 2 is 1.29 bits per heavy atom. The van der Waals surface area contributed by atoms with Gasteiger partial charge in [0.2, 0.25) is 11.6 Å². The van der Waals surface area contributed by atoms with Crippen LogP contribution in [0.3, 0.4) is 0 Å². The average molecular weight is 418 g/mol. The molecule has 0 aliphatic heterocycles. The number of aliphatic hydroxyl groups excluding tert-OH is 2. The van der Waals surface area contributed by atoms with Crippen LogP contribution in [-0.4, -0.2) is 34.7 Å². The lowest BCUT2D eigenvalue weighted by molar-refractivity contribution is 0.268. The highest BCUT2D eigenvalue weighted by Gasteiger charge is 2.22. The van der Waals surface area contributed by atoms with Gasteiger partial charge in [0.1, 0.15) is 0 Å². The molecule has 10 nitrogen and oxygen atoms in total. The van der Waals surface area contributed by atoms with Gasteiger partial charge in [-0.15, -0.1) is 10.2 Å². The predicted molar refractivity (Wildman–Crippen MR) is 111 cm³/mol. The molecule has 0 bridgehead atoms.